The van der Waals surface area contributed by atoms with E-state index in [1.54, 1.807) is 31.2 Å². The maximum absolute atomic E-state index is 11.3. The van der Waals surface area contributed by atoms with Gasteiger partial charge in [0.1, 0.15) is 5.38 Å². The van der Waals surface area contributed by atoms with Crippen LogP contribution in [-0.2, 0) is 9.59 Å². The summed E-state index contributed by atoms with van der Waals surface area (Å²) in [6.45, 7) is 3.01. The molecule has 86 valence electrons. The number of amides is 2. The number of rotatable bonds is 3. The van der Waals surface area contributed by atoms with Crippen molar-refractivity contribution in [3.63, 3.8) is 0 Å². The summed E-state index contributed by atoms with van der Waals surface area (Å²) in [6.07, 6.45) is 0. The van der Waals surface area contributed by atoms with Gasteiger partial charge in [-0.2, -0.15) is 0 Å². The van der Waals surface area contributed by atoms with E-state index in [4.69, 9.17) is 11.6 Å². The molecule has 0 unspecified atom stereocenters. The van der Waals surface area contributed by atoms with E-state index in [0.717, 1.165) is 0 Å². The fourth-order valence-electron chi connectivity index (χ4n) is 1.12. The average Bonchev–Trinajstić information content (AvgIpc) is 2.16. The van der Waals surface area contributed by atoms with E-state index >= 15 is 0 Å². The van der Waals surface area contributed by atoms with Gasteiger partial charge >= 0.3 is 0 Å². The van der Waals surface area contributed by atoms with Gasteiger partial charge in [-0.3, -0.25) is 9.59 Å². The third-order valence-corrected chi connectivity index (χ3v) is 2.01. The molecule has 5 heteroatoms. The molecule has 0 aliphatic rings. The zero-order valence-electron chi connectivity index (χ0n) is 9.08. The number of alkyl halides is 1. The third kappa shape index (κ3) is 3.90. The van der Waals surface area contributed by atoms with Crippen molar-refractivity contribution in [2.75, 3.05) is 10.6 Å². The molecule has 0 aromatic heterocycles. The van der Waals surface area contributed by atoms with Crippen LogP contribution in [0.1, 0.15) is 13.8 Å². The molecule has 0 saturated heterocycles. The molecule has 0 aliphatic carbocycles. The molecule has 0 saturated carbocycles. The Morgan fingerprint density at radius 2 is 1.81 bits per heavy atom. The Morgan fingerprint density at radius 1 is 1.25 bits per heavy atom. The number of hydrogen-bond donors (Lipinski definition) is 2. The van der Waals surface area contributed by atoms with Crippen molar-refractivity contribution in [1.29, 1.82) is 0 Å². The molecular weight excluding hydrogens is 228 g/mol. The molecule has 2 N–H and O–H groups in total. The van der Waals surface area contributed by atoms with Gasteiger partial charge in [0.2, 0.25) is 11.8 Å². The van der Waals surface area contributed by atoms with Crippen molar-refractivity contribution in [2.45, 2.75) is 19.2 Å². The first kappa shape index (κ1) is 12.5. The first-order valence-electron chi connectivity index (χ1n) is 4.81. The second-order valence-electron chi connectivity index (χ2n) is 3.37. The highest BCUT2D eigenvalue weighted by Crippen LogP contribution is 2.15. The highest BCUT2D eigenvalue weighted by atomic mass is 35.5. The predicted octanol–water partition coefficient (Wildman–Crippen LogP) is 2.21. The van der Waals surface area contributed by atoms with Crippen molar-refractivity contribution < 1.29 is 9.59 Å². The highest BCUT2D eigenvalue weighted by molar-refractivity contribution is 6.32. The molecule has 0 heterocycles. The van der Waals surface area contributed by atoms with E-state index in [2.05, 4.69) is 10.6 Å². The van der Waals surface area contributed by atoms with Crippen LogP contribution in [0, 0.1) is 0 Å². The summed E-state index contributed by atoms with van der Waals surface area (Å²) in [5.41, 5.74) is 1.23. The lowest BCUT2D eigenvalue weighted by molar-refractivity contribution is -0.115. The topological polar surface area (TPSA) is 58.2 Å². The molecule has 0 radical (unpaired) electrons. The van der Waals surface area contributed by atoms with Gasteiger partial charge < -0.3 is 10.6 Å². The molecule has 1 rings (SSSR count). The standard InChI is InChI=1S/C11H13ClN2O2/c1-7(12)11(16)14-10-5-3-4-9(6-10)13-8(2)15/h3-7H,1-2H3,(H,13,15)(H,14,16)/t7-/m0/s1. The zero-order chi connectivity index (χ0) is 12.1. The maximum Gasteiger partial charge on any atom is 0.242 e. The maximum atomic E-state index is 11.3. The van der Waals surface area contributed by atoms with Crippen LogP contribution in [0.15, 0.2) is 24.3 Å². The largest absolute Gasteiger partial charge is 0.326 e. The lowest BCUT2D eigenvalue weighted by atomic mass is 10.2. The third-order valence-electron chi connectivity index (χ3n) is 1.81. The summed E-state index contributed by atoms with van der Waals surface area (Å²) in [7, 11) is 0. The summed E-state index contributed by atoms with van der Waals surface area (Å²) >= 11 is 5.62. The van der Waals surface area contributed by atoms with Gasteiger partial charge in [0.05, 0.1) is 0 Å². The summed E-state index contributed by atoms with van der Waals surface area (Å²) in [4.78, 5) is 22.2. The van der Waals surface area contributed by atoms with Crippen LogP contribution >= 0.6 is 11.6 Å². The Bertz CT molecular complexity index is 405. The number of carbonyl (C=O) groups is 2. The van der Waals surface area contributed by atoms with E-state index < -0.39 is 5.38 Å². The smallest absolute Gasteiger partial charge is 0.242 e. The number of benzene rings is 1. The van der Waals surface area contributed by atoms with Crippen LogP contribution in [-0.4, -0.2) is 17.2 Å². The Balaban J connectivity index is 2.74. The van der Waals surface area contributed by atoms with Gasteiger partial charge in [-0.1, -0.05) is 6.07 Å². The van der Waals surface area contributed by atoms with Gasteiger partial charge in [0.15, 0.2) is 0 Å². The molecule has 0 fully saturated rings. The van der Waals surface area contributed by atoms with Crippen molar-refractivity contribution in [2.24, 2.45) is 0 Å². The molecule has 4 nitrogen and oxygen atoms in total. The van der Waals surface area contributed by atoms with Crippen LogP contribution in [0.25, 0.3) is 0 Å². The van der Waals surface area contributed by atoms with Crippen LogP contribution in [0.3, 0.4) is 0 Å². The second kappa shape index (κ2) is 5.51. The summed E-state index contributed by atoms with van der Waals surface area (Å²) < 4.78 is 0. The molecule has 0 bridgehead atoms. The molecule has 0 aliphatic heterocycles. The van der Waals surface area contributed by atoms with Crippen LogP contribution in [0.2, 0.25) is 0 Å². The van der Waals surface area contributed by atoms with Crippen molar-refractivity contribution >= 4 is 34.8 Å². The Morgan fingerprint density at radius 3 is 2.31 bits per heavy atom. The molecular formula is C11H13ClN2O2. The number of carbonyl (C=O) groups excluding carboxylic acids is 2. The molecule has 1 aromatic rings. The first-order chi connectivity index (χ1) is 7.49. The lowest BCUT2D eigenvalue weighted by Crippen LogP contribution is -2.20. The van der Waals surface area contributed by atoms with Gasteiger partial charge in [0, 0.05) is 18.3 Å². The van der Waals surface area contributed by atoms with E-state index in [1.165, 1.54) is 6.92 Å². The SMILES string of the molecule is CC(=O)Nc1cccc(NC(=O)[C@H](C)Cl)c1. The van der Waals surface area contributed by atoms with E-state index in [9.17, 15) is 9.59 Å². The second-order valence-corrected chi connectivity index (χ2v) is 4.02. The molecule has 16 heavy (non-hydrogen) atoms. The number of hydrogen-bond acceptors (Lipinski definition) is 2. The minimum Gasteiger partial charge on any atom is -0.326 e. The lowest BCUT2D eigenvalue weighted by Gasteiger charge is -2.08. The monoisotopic (exact) mass is 240 g/mol. The van der Waals surface area contributed by atoms with E-state index in [1.807, 2.05) is 0 Å². The van der Waals surface area contributed by atoms with Gasteiger partial charge in [0.25, 0.3) is 0 Å². The quantitative estimate of drug-likeness (QED) is 0.796. The van der Waals surface area contributed by atoms with Crippen molar-refractivity contribution in [3.8, 4) is 0 Å². The van der Waals surface area contributed by atoms with Crippen LogP contribution in [0.4, 0.5) is 11.4 Å². The Kier molecular flexibility index (Phi) is 4.31. The summed E-state index contributed by atoms with van der Waals surface area (Å²) in [6, 6.07) is 6.86. The fraction of sp³-hybridized carbons (Fsp3) is 0.273. The predicted molar refractivity (Wildman–Crippen MR) is 64.7 cm³/mol. The minimum absolute atomic E-state index is 0.158. The van der Waals surface area contributed by atoms with Crippen LogP contribution < -0.4 is 10.6 Å². The van der Waals surface area contributed by atoms with Gasteiger partial charge in [-0.05, 0) is 25.1 Å². The summed E-state index contributed by atoms with van der Waals surface area (Å²) in [5, 5.41) is 4.66. The van der Waals surface area contributed by atoms with E-state index in [0.29, 0.717) is 11.4 Å². The zero-order valence-corrected chi connectivity index (χ0v) is 9.84. The van der Waals surface area contributed by atoms with E-state index in [-0.39, 0.29) is 11.8 Å². The minimum atomic E-state index is -0.593. The van der Waals surface area contributed by atoms with Gasteiger partial charge in [-0.25, -0.2) is 0 Å². The Hall–Kier alpha value is -1.55. The fourth-order valence-corrected chi connectivity index (χ4v) is 1.17. The number of halogens is 1. The highest BCUT2D eigenvalue weighted by Gasteiger charge is 2.09. The molecule has 0 spiro atoms. The number of anilines is 2. The average molecular weight is 241 g/mol. The van der Waals surface area contributed by atoms with Crippen LogP contribution in [0.5, 0.6) is 0 Å². The first-order valence-corrected chi connectivity index (χ1v) is 5.25. The van der Waals surface area contributed by atoms with Crippen molar-refractivity contribution in [3.05, 3.63) is 24.3 Å². The Labute approximate surface area is 99.0 Å². The molecule has 1 atom stereocenters. The number of nitrogens with one attached hydrogen (secondary N) is 2. The normalized spacial score (nSPS) is 11.7. The van der Waals surface area contributed by atoms with Crippen molar-refractivity contribution in [1.82, 2.24) is 0 Å². The van der Waals surface area contributed by atoms with Gasteiger partial charge in [-0.15, -0.1) is 11.6 Å². The summed E-state index contributed by atoms with van der Waals surface area (Å²) in [5.74, 6) is -0.434. The molecule has 2 amide bonds. The molecule has 1 aromatic carbocycles.